The van der Waals surface area contributed by atoms with Crippen LogP contribution < -0.4 is 5.32 Å². The molecule has 2 unspecified atom stereocenters. The number of piperazine rings is 1. The predicted octanol–water partition coefficient (Wildman–Crippen LogP) is 1.34. The van der Waals surface area contributed by atoms with E-state index in [0.717, 1.165) is 43.9 Å². The number of carbonyl (C=O) groups excluding carboxylic acids is 2. The van der Waals surface area contributed by atoms with Gasteiger partial charge in [-0.2, -0.15) is 0 Å². The van der Waals surface area contributed by atoms with Crippen LogP contribution in [-0.4, -0.2) is 67.0 Å². The van der Waals surface area contributed by atoms with Crippen molar-refractivity contribution in [3.63, 3.8) is 0 Å². The number of likely N-dealkylation sites (N-methyl/N-ethyl adjacent to an activating group) is 1. The fraction of sp³-hybridized carbons (Fsp3) is 0.550. The number of hydrogen-bond acceptors (Lipinski definition) is 6. The van der Waals surface area contributed by atoms with Crippen LogP contribution in [0.25, 0.3) is 0 Å². The Morgan fingerprint density at radius 2 is 1.85 bits per heavy atom. The summed E-state index contributed by atoms with van der Waals surface area (Å²) in [7, 11) is 0. The van der Waals surface area contributed by atoms with Crippen LogP contribution in [-0.2, 0) is 14.3 Å². The zero-order valence-corrected chi connectivity index (χ0v) is 16.3. The van der Waals surface area contributed by atoms with E-state index in [4.69, 9.17) is 9.73 Å². The number of aliphatic imine (C=N–C) groups is 1. The van der Waals surface area contributed by atoms with Crippen molar-refractivity contribution in [1.82, 2.24) is 15.1 Å². The zero-order chi connectivity index (χ0) is 19.4. The van der Waals surface area contributed by atoms with Crippen LogP contribution in [0, 0.1) is 12.8 Å². The van der Waals surface area contributed by atoms with Crippen molar-refractivity contribution in [3.8, 4) is 0 Å². The van der Waals surface area contributed by atoms with Crippen molar-refractivity contribution in [2.45, 2.75) is 26.8 Å². The first-order valence-electron chi connectivity index (χ1n) is 9.62. The minimum atomic E-state index is -0.965. The normalized spacial score (nSPS) is 23.6. The maximum absolute atomic E-state index is 12.8. The molecular weight excluding hydrogens is 344 g/mol. The van der Waals surface area contributed by atoms with E-state index >= 15 is 0 Å². The summed E-state index contributed by atoms with van der Waals surface area (Å²) in [6.07, 6.45) is 0. The quantitative estimate of drug-likeness (QED) is 0.638. The summed E-state index contributed by atoms with van der Waals surface area (Å²) in [5.41, 5.74) is 1.96. The summed E-state index contributed by atoms with van der Waals surface area (Å²) >= 11 is 0. The molecule has 2 aliphatic rings. The number of ether oxygens (including phenoxy) is 1. The van der Waals surface area contributed by atoms with Crippen LogP contribution in [0.15, 0.2) is 29.3 Å². The third-order valence-corrected chi connectivity index (χ3v) is 5.17. The van der Waals surface area contributed by atoms with Gasteiger partial charge in [-0.25, -0.2) is 4.99 Å². The lowest BCUT2D eigenvalue weighted by molar-refractivity contribution is -0.153. The highest BCUT2D eigenvalue weighted by Crippen LogP contribution is 2.31. The lowest BCUT2D eigenvalue weighted by Gasteiger charge is -2.38. The van der Waals surface area contributed by atoms with E-state index < -0.39 is 17.9 Å². The Morgan fingerprint density at radius 1 is 1.19 bits per heavy atom. The molecule has 1 amide bonds. The summed E-state index contributed by atoms with van der Waals surface area (Å²) in [5.74, 6) is -1.28. The number of carbonyl (C=O) groups is 2. The molecule has 2 aliphatic heterocycles. The molecule has 0 saturated carbocycles. The lowest BCUT2D eigenvalue weighted by Crippen LogP contribution is -2.57. The van der Waals surface area contributed by atoms with Crippen LogP contribution in [0.1, 0.15) is 31.0 Å². The van der Waals surface area contributed by atoms with E-state index in [1.807, 2.05) is 31.2 Å². The first kappa shape index (κ1) is 19.4. The monoisotopic (exact) mass is 372 g/mol. The Hall–Kier alpha value is -2.41. The molecule has 0 spiro atoms. The Kier molecular flexibility index (Phi) is 6.11. The van der Waals surface area contributed by atoms with Gasteiger partial charge in [0, 0.05) is 26.2 Å². The van der Waals surface area contributed by atoms with Crippen LogP contribution in [0.2, 0.25) is 0 Å². The van der Waals surface area contributed by atoms with Gasteiger partial charge in [0.05, 0.1) is 6.61 Å². The maximum Gasteiger partial charge on any atom is 0.321 e. The Morgan fingerprint density at radius 3 is 2.44 bits per heavy atom. The second kappa shape index (κ2) is 8.52. The molecule has 0 radical (unpaired) electrons. The summed E-state index contributed by atoms with van der Waals surface area (Å²) in [4.78, 5) is 34.5. The highest BCUT2D eigenvalue weighted by molar-refractivity contribution is 6.08. The summed E-state index contributed by atoms with van der Waals surface area (Å²) in [6, 6.07) is 7.23. The van der Waals surface area contributed by atoms with E-state index in [9.17, 15) is 9.59 Å². The van der Waals surface area contributed by atoms with Crippen molar-refractivity contribution in [1.29, 1.82) is 0 Å². The number of esters is 1. The standard InChI is InChI=1S/C20H28N4O3/c1-4-23-10-12-24(13-11-23)20-21-17(15-8-6-14(3)7-9-15)16(18(25)22-20)19(26)27-5-2/h6-9,16-17H,4-5,10-13H2,1-3H3,(H,21,22,25). The van der Waals surface area contributed by atoms with Gasteiger partial charge in [-0.15, -0.1) is 0 Å². The van der Waals surface area contributed by atoms with E-state index in [2.05, 4.69) is 22.0 Å². The van der Waals surface area contributed by atoms with Crippen LogP contribution in [0.3, 0.4) is 0 Å². The lowest BCUT2D eigenvalue weighted by atomic mass is 9.91. The van der Waals surface area contributed by atoms with Crippen LogP contribution in [0.4, 0.5) is 0 Å². The number of nitrogens with one attached hydrogen (secondary N) is 1. The van der Waals surface area contributed by atoms with Crippen molar-refractivity contribution in [2.24, 2.45) is 10.9 Å². The Bertz CT molecular complexity index is 708. The van der Waals surface area contributed by atoms with Gasteiger partial charge in [0.2, 0.25) is 11.9 Å². The fourth-order valence-corrected chi connectivity index (χ4v) is 3.51. The smallest absolute Gasteiger partial charge is 0.321 e. The average molecular weight is 372 g/mol. The minimum Gasteiger partial charge on any atom is -0.465 e. The number of nitrogens with zero attached hydrogens (tertiary/aromatic N) is 3. The molecule has 1 fully saturated rings. The second-order valence-electron chi connectivity index (χ2n) is 6.95. The molecule has 3 rings (SSSR count). The number of rotatable bonds is 4. The Balaban J connectivity index is 1.90. The highest BCUT2D eigenvalue weighted by atomic mass is 16.5. The molecule has 27 heavy (non-hydrogen) atoms. The van der Waals surface area contributed by atoms with Crippen molar-refractivity contribution < 1.29 is 14.3 Å². The molecular formula is C20H28N4O3. The molecule has 1 aromatic rings. The largest absolute Gasteiger partial charge is 0.465 e. The summed E-state index contributed by atoms with van der Waals surface area (Å²) in [6.45, 7) is 10.6. The Labute approximate surface area is 160 Å². The molecule has 1 N–H and O–H groups in total. The highest BCUT2D eigenvalue weighted by Gasteiger charge is 2.42. The van der Waals surface area contributed by atoms with Gasteiger partial charge in [-0.3, -0.25) is 14.9 Å². The maximum atomic E-state index is 12.8. The van der Waals surface area contributed by atoms with Gasteiger partial charge in [0.15, 0.2) is 5.92 Å². The van der Waals surface area contributed by atoms with E-state index in [0.29, 0.717) is 5.96 Å². The number of hydrogen-bond donors (Lipinski definition) is 1. The number of amides is 1. The number of benzene rings is 1. The third kappa shape index (κ3) is 4.30. The predicted molar refractivity (Wildman–Crippen MR) is 103 cm³/mol. The van der Waals surface area contributed by atoms with Crippen molar-refractivity contribution >= 4 is 17.8 Å². The fourth-order valence-electron chi connectivity index (χ4n) is 3.51. The molecule has 2 atom stereocenters. The topological polar surface area (TPSA) is 74.2 Å². The molecule has 0 aromatic heterocycles. The SMILES string of the molecule is CCOC(=O)C1C(=O)NC(N2CCN(CC)CC2)=NC1c1ccc(C)cc1. The minimum absolute atomic E-state index is 0.235. The van der Waals surface area contributed by atoms with E-state index in [1.54, 1.807) is 6.92 Å². The molecule has 1 saturated heterocycles. The average Bonchev–Trinajstić information content (AvgIpc) is 2.68. The van der Waals surface area contributed by atoms with Crippen LogP contribution in [0.5, 0.6) is 0 Å². The van der Waals surface area contributed by atoms with Gasteiger partial charge in [-0.1, -0.05) is 36.8 Å². The third-order valence-electron chi connectivity index (χ3n) is 5.17. The second-order valence-corrected chi connectivity index (χ2v) is 6.95. The van der Waals surface area contributed by atoms with Crippen molar-refractivity contribution in [3.05, 3.63) is 35.4 Å². The van der Waals surface area contributed by atoms with Gasteiger partial charge < -0.3 is 14.5 Å². The molecule has 7 nitrogen and oxygen atoms in total. The molecule has 2 heterocycles. The van der Waals surface area contributed by atoms with Crippen LogP contribution >= 0.6 is 0 Å². The van der Waals surface area contributed by atoms with Gasteiger partial charge in [0.1, 0.15) is 6.04 Å². The molecule has 0 aliphatic carbocycles. The summed E-state index contributed by atoms with van der Waals surface area (Å²) < 4.78 is 5.15. The van der Waals surface area contributed by atoms with Gasteiger partial charge in [-0.05, 0) is 26.0 Å². The number of aryl methyl sites for hydroxylation is 1. The van der Waals surface area contributed by atoms with E-state index in [-0.39, 0.29) is 12.5 Å². The number of guanidine groups is 1. The van der Waals surface area contributed by atoms with Crippen molar-refractivity contribution in [2.75, 3.05) is 39.3 Å². The molecule has 146 valence electrons. The molecule has 1 aromatic carbocycles. The molecule has 0 bridgehead atoms. The first-order valence-corrected chi connectivity index (χ1v) is 9.62. The summed E-state index contributed by atoms with van der Waals surface area (Å²) in [5, 5.41) is 2.84. The van der Waals surface area contributed by atoms with Gasteiger partial charge >= 0.3 is 5.97 Å². The zero-order valence-electron chi connectivity index (χ0n) is 16.3. The van der Waals surface area contributed by atoms with Gasteiger partial charge in [0.25, 0.3) is 0 Å². The molecule has 7 heteroatoms. The van der Waals surface area contributed by atoms with E-state index in [1.165, 1.54) is 0 Å². The first-order chi connectivity index (χ1) is 13.0.